The van der Waals surface area contributed by atoms with Crippen LogP contribution in [0.5, 0.6) is 0 Å². The molecule has 0 saturated carbocycles. The highest BCUT2D eigenvalue weighted by Crippen LogP contribution is 2.16. The van der Waals surface area contributed by atoms with Crippen molar-refractivity contribution in [2.24, 2.45) is 0 Å². The first-order valence-corrected chi connectivity index (χ1v) is 7.82. The molecule has 0 saturated heterocycles. The smallest absolute Gasteiger partial charge is 0.296 e. The van der Waals surface area contributed by atoms with Crippen LogP contribution in [0.3, 0.4) is 0 Å². The monoisotopic (exact) mass is 299 g/mol. The Balaban J connectivity index is 2.06. The predicted octanol–water partition coefficient (Wildman–Crippen LogP) is 4.48. The number of alkyl halides is 1. The second-order valence-corrected chi connectivity index (χ2v) is 5.25. The minimum Gasteiger partial charge on any atom is -0.372 e. The van der Waals surface area contributed by atoms with E-state index in [1.807, 2.05) is 18.2 Å². The Bertz CT molecular complexity index is 596. The van der Waals surface area contributed by atoms with Crippen LogP contribution < -0.4 is 9.47 Å². The van der Waals surface area contributed by atoms with Crippen LogP contribution in [-0.4, -0.2) is 13.1 Å². The van der Waals surface area contributed by atoms with Crippen molar-refractivity contribution in [3.63, 3.8) is 0 Å². The van der Waals surface area contributed by atoms with E-state index in [-0.39, 0.29) is 0 Å². The molecule has 0 amide bonds. The van der Waals surface area contributed by atoms with E-state index in [0.29, 0.717) is 0 Å². The molecule has 0 fully saturated rings. The van der Waals surface area contributed by atoms with E-state index in [0.717, 1.165) is 24.2 Å². The largest absolute Gasteiger partial charge is 0.372 e. The van der Waals surface area contributed by atoms with Gasteiger partial charge in [0.15, 0.2) is 12.4 Å². The Hall–Kier alpha value is -2.16. The first-order chi connectivity index (χ1) is 10.6. The van der Waals surface area contributed by atoms with Gasteiger partial charge in [-0.2, -0.15) is 8.96 Å². The van der Waals surface area contributed by atoms with Crippen molar-refractivity contribution in [2.75, 3.05) is 18.0 Å². The number of anilines is 1. The SMILES string of the molecule is CCN(CC)c1ccc(/C=C/c2cc[n+](C(C)F)cc2)cc1. The van der Waals surface area contributed by atoms with Gasteiger partial charge in [-0.3, -0.25) is 0 Å². The molecule has 0 aliphatic rings. The Morgan fingerprint density at radius 3 is 1.91 bits per heavy atom. The van der Waals surface area contributed by atoms with Gasteiger partial charge in [0.2, 0.25) is 0 Å². The second-order valence-electron chi connectivity index (χ2n) is 5.25. The summed E-state index contributed by atoms with van der Waals surface area (Å²) in [6, 6.07) is 12.4. The number of nitrogens with zero attached hydrogens (tertiary/aromatic N) is 2. The lowest BCUT2D eigenvalue weighted by molar-refractivity contribution is -0.743. The van der Waals surface area contributed by atoms with E-state index in [9.17, 15) is 4.39 Å². The van der Waals surface area contributed by atoms with E-state index >= 15 is 0 Å². The number of pyridine rings is 1. The molecule has 2 aromatic rings. The van der Waals surface area contributed by atoms with Crippen LogP contribution in [-0.2, 0) is 0 Å². The first-order valence-electron chi connectivity index (χ1n) is 7.82. The van der Waals surface area contributed by atoms with E-state index in [1.165, 1.54) is 17.2 Å². The fraction of sp³-hybridized carbons (Fsp3) is 0.316. The third-order valence-electron chi connectivity index (χ3n) is 3.78. The standard InChI is InChI=1S/C19H24FN2/c1-4-21(5-2)19-10-8-17(9-11-19)6-7-18-12-14-22(15-13-18)16(3)20/h6-16H,4-5H2,1-3H3/q+1. The van der Waals surface area contributed by atoms with Crippen LogP contribution >= 0.6 is 0 Å². The van der Waals surface area contributed by atoms with Gasteiger partial charge in [0, 0.05) is 37.8 Å². The van der Waals surface area contributed by atoms with Gasteiger partial charge in [-0.05, 0) is 37.1 Å². The lowest BCUT2D eigenvalue weighted by Gasteiger charge is -2.20. The lowest BCUT2D eigenvalue weighted by Crippen LogP contribution is -2.34. The molecule has 1 unspecified atom stereocenters. The highest BCUT2D eigenvalue weighted by Gasteiger charge is 2.07. The van der Waals surface area contributed by atoms with E-state index in [1.54, 1.807) is 12.4 Å². The average molecular weight is 299 g/mol. The molecule has 2 rings (SSSR count). The van der Waals surface area contributed by atoms with Crippen molar-refractivity contribution in [1.29, 1.82) is 0 Å². The number of rotatable bonds is 6. The van der Waals surface area contributed by atoms with Crippen molar-refractivity contribution < 1.29 is 8.96 Å². The molecule has 1 aromatic heterocycles. The highest BCUT2D eigenvalue weighted by molar-refractivity contribution is 5.70. The maximum absolute atomic E-state index is 13.1. The summed E-state index contributed by atoms with van der Waals surface area (Å²) < 4.78 is 14.7. The molecular formula is C19H24FN2+. The Morgan fingerprint density at radius 2 is 1.45 bits per heavy atom. The Morgan fingerprint density at radius 1 is 0.955 bits per heavy atom. The molecule has 1 aromatic carbocycles. The zero-order chi connectivity index (χ0) is 15.9. The second kappa shape index (κ2) is 7.74. The van der Waals surface area contributed by atoms with Gasteiger partial charge in [0.1, 0.15) is 0 Å². The van der Waals surface area contributed by atoms with Gasteiger partial charge in [-0.15, -0.1) is 0 Å². The summed E-state index contributed by atoms with van der Waals surface area (Å²) in [4.78, 5) is 2.32. The van der Waals surface area contributed by atoms with Gasteiger partial charge < -0.3 is 4.90 Å². The zero-order valence-electron chi connectivity index (χ0n) is 13.5. The zero-order valence-corrected chi connectivity index (χ0v) is 13.5. The predicted molar refractivity (Wildman–Crippen MR) is 91.4 cm³/mol. The summed E-state index contributed by atoms with van der Waals surface area (Å²) in [5, 5.41) is 0. The van der Waals surface area contributed by atoms with E-state index < -0.39 is 6.30 Å². The molecule has 22 heavy (non-hydrogen) atoms. The average Bonchev–Trinajstić information content (AvgIpc) is 2.55. The summed E-state index contributed by atoms with van der Waals surface area (Å²) in [5.41, 5.74) is 3.47. The molecule has 0 radical (unpaired) electrons. The van der Waals surface area contributed by atoms with Gasteiger partial charge in [-0.25, -0.2) is 0 Å². The summed E-state index contributed by atoms with van der Waals surface area (Å²) in [5.74, 6) is 0. The van der Waals surface area contributed by atoms with Gasteiger partial charge in [0.05, 0.1) is 0 Å². The lowest BCUT2D eigenvalue weighted by atomic mass is 10.1. The minimum atomic E-state index is -0.995. The highest BCUT2D eigenvalue weighted by atomic mass is 19.1. The molecule has 2 nitrogen and oxygen atoms in total. The van der Waals surface area contributed by atoms with Crippen LogP contribution in [0.2, 0.25) is 0 Å². The maximum atomic E-state index is 13.1. The molecule has 116 valence electrons. The van der Waals surface area contributed by atoms with Crippen LogP contribution in [0.4, 0.5) is 10.1 Å². The summed E-state index contributed by atoms with van der Waals surface area (Å²) in [6.45, 7) is 7.88. The van der Waals surface area contributed by atoms with Crippen molar-refractivity contribution in [2.45, 2.75) is 27.1 Å². The number of hydrogen-bond donors (Lipinski definition) is 0. The molecule has 1 atom stereocenters. The van der Waals surface area contributed by atoms with Crippen LogP contribution in [0.25, 0.3) is 12.2 Å². The van der Waals surface area contributed by atoms with Crippen LogP contribution in [0.1, 0.15) is 38.2 Å². The van der Waals surface area contributed by atoms with E-state index in [4.69, 9.17) is 0 Å². The molecular weight excluding hydrogens is 275 g/mol. The minimum absolute atomic E-state index is 0.995. The van der Waals surface area contributed by atoms with Crippen LogP contribution in [0, 0.1) is 0 Å². The van der Waals surface area contributed by atoms with Crippen molar-refractivity contribution >= 4 is 17.8 Å². The van der Waals surface area contributed by atoms with E-state index in [2.05, 4.69) is 49.1 Å². The summed E-state index contributed by atoms with van der Waals surface area (Å²) in [7, 11) is 0. The first kappa shape index (κ1) is 16.2. The van der Waals surface area contributed by atoms with Crippen molar-refractivity contribution in [1.82, 2.24) is 0 Å². The fourth-order valence-corrected chi connectivity index (χ4v) is 2.38. The van der Waals surface area contributed by atoms with Crippen LogP contribution in [0.15, 0.2) is 48.8 Å². The Kier molecular flexibility index (Phi) is 5.70. The molecule has 0 aliphatic heterocycles. The van der Waals surface area contributed by atoms with Crippen molar-refractivity contribution in [3.8, 4) is 0 Å². The van der Waals surface area contributed by atoms with Gasteiger partial charge >= 0.3 is 0 Å². The van der Waals surface area contributed by atoms with Gasteiger partial charge in [-0.1, -0.05) is 24.3 Å². The quantitative estimate of drug-likeness (QED) is 0.713. The third kappa shape index (κ3) is 4.17. The molecule has 3 heteroatoms. The normalized spacial score (nSPS) is 12.5. The number of benzene rings is 1. The molecule has 0 aliphatic carbocycles. The number of aromatic nitrogens is 1. The number of halogens is 1. The molecule has 0 bridgehead atoms. The topological polar surface area (TPSA) is 7.12 Å². The van der Waals surface area contributed by atoms with Crippen molar-refractivity contribution in [3.05, 3.63) is 59.9 Å². The summed E-state index contributed by atoms with van der Waals surface area (Å²) in [6.07, 6.45) is 6.64. The molecule has 0 N–H and O–H groups in total. The van der Waals surface area contributed by atoms with Gasteiger partial charge in [0.25, 0.3) is 6.30 Å². The Labute approximate surface area is 132 Å². The summed E-state index contributed by atoms with van der Waals surface area (Å²) >= 11 is 0. The fourth-order valence-electron chi connectivity index (χ4n) is 2.38. The number of hydrogen-bond acceptors (Lipinski definition) is 1. The maximum Gasteiger partial charge on any atom is 0.296 e. The molecule has 1 heterocycles. The third-order valence-corrected chi connectivity index (χ3v) is 3.78. The molecule has 0 spiro atoms.